The van der Waals surface area contributed by atoms with Crippen LogP contribution in [0.1, 0.15) is 16.8 Å². The number of rotatable bonds is 3. The van der Waals surface area contributed by atoms with Gasteiger partial charge in [-0.05, 0) is 36.8 Å². The quantitative estimate of drug-likeness (QED) is 0.843. The second-order valence-corrected chi connectivity index (χ2v) is 7.83. The highest BCUT2D eigenvalue weighted by Gasteiger charge is 2.36. The van der Waals surface area contributed by atoms with E-state index >= 15 is 0 Å². The number of sulfone groups is 1. The van der Waals surface area contributed by atoms with Crippen LogP contribution in [0.5, 0.6) is 0 Å². The summed E-state index contributed by atoms with van der Waals surface area (Å²) in [5.41, 5.74) is -0.0147. The van der Waals surface area contributed by atoms with Crippen molar-refractivity contribution in [3.63, 3.8) is 0 Å². The highest BCUT2D eigenvalue weighted by Crippen LogP contribution is 2.25. The van der Waals surface area contributed by atoms with E-state index in [9.17, 15) is 22.4 Å². The lowest BCUT2D eigenvalue weighted by molar-refractivity contribution is 0.0792. The van der Waals surface area contributed by atoms with E-state index in [4.69, 9.17) is 0 Å². The predicted octanol–water partition coefficient (Wildman–Crippen LogP) is 1.20. The van der Waals surface area contributed by atoms with Crippen LogP contribution in [-0.2, 0) is 9.84 Å². The lowest BCUT2D eigenvalue weighted by Crippen LogP contribution is -2.32. The number of amides is 1. The summed E-state index contributed by atoms with van der Waals surface area (Å²) in [6.07, 6.45) is 1.63. The third kappa shape index (κ3) is 3.09. The molecular formula is C16H15FN2O4S. The molecule has 3 rings (SSSR count). The van der Waals surface area contributed by atoms with Gasteiger partial charge in [0.25, 0.3) is 5.91 Å². The first kappa shape index (κ1) is 16.4. The van der Waals surface area contributed by atoms with Crippen molar-refractivity contribution >= 4 is 15.7 Å². The number of nitrogens with one attached hydrogen (secondary N) is 1. The number of pyridine rings is 1. The van der Waals surface area contributed by atoms with E-state index in [-0.39, 0.29) is 22.9 Å². The molecule has 1 aromatic heterocycles. The van der Waals surface area contributed by atoms with Gasteiger partial charge in [-0.15, -0.1) is 0 Å². The summed E-state index contributed by atoms with van der Waals surface area (Å²) in [5, 5.41) is -0.727. The van der Waals surface area contributed by atoms with Crippen LogP contribution in [0.3, 0.4) is 0 Å². The average Bonchev–Trinajstić information content (AvgIpc) is 3.06. The maximum atomic E-state index is 13.0. The normalized spacial score (nSPS) is 17.9. The number of nitrogens with zero attached hydrogens (tertiary/aromatic N) is 1. The number of hydrogen-bond donors (Lipinski definition) is 1. The molecule has 24 heavy (non-hydrogen) atoms. The Balaban J connectivity index is 1.77. The van der Waals surface area contributed by atoms with Gasteiger partial charge in [0.1, 0.15) is 5.82 Å². The van der Waals surface area contributed by atoms with E-state index in [1.807, 2.05) is 0 Å². The minimum Gasteiger partial charge on any atom is -0.337 e. The van der Waals surface area contributed by atoms with E-state index in [0.717, 1.165) is 12.1 Å². The fraction of sp³-hybridized carbons (Fsp3) is 0.250. The Labute approximate surface area is 137 Å². The number of carbonyl (C=O) groups is 1. The van der Waals surface area contributed by atoms with Crippen molar-refractivity contribution in [2.75, 3.05) is 13.1 Å². The van der Waals surface area contributed by atoms with Gasteiger partial charge in [0.05, 0.1) is 15.7 Å². The van der Waals surface area contributed by atoms with Crippen molar-refractivity contribution < 1.29 is 17.6 Å². The van der Waals surface area contributed by atoms with Crippen LogP contribution in [0.25, 0.3) is 0 Å². The first-order valence-electron chi connectivity index (χ1n) is 7.35. The Morgan fingerprint density at radius 2 is 1.88 bits per heavy atom. The zero-order valence-corrected chi connectivity index (χ0v) is 13.4. The highest BCUT2D eigenvalue weighted by molar-refractivity contribution is 7.92. The monoisotopic (exact) mass is 350 g/mol. The Bertz CT molecular complexity index is 901. The van der Waals surface area contributed by atoms with Crippen molar-refractivity contribution in [2.45, 2.75) is 16.6 Å². The van der Waals surface area contributed by atoms with Gasteiger partial charge in [-0.2, -0.15) is 0 Å². The molecule has 6 nitrogen and oxygen atoms in total. The van der Waals surface area contributed by atoms with E-state index in [0.29, 0.717) is 18.5 Å². The predicted molar refractivity (Wildman–Crippen MR) is 85.0 cm³/mol. The average molecular weight is 350 g/mol. The van der Waals surface area contributed by atoms with Crippen molar-refractivity contribution in [1.29, 1.82) is 0 Å². The number of carbonyl (C=O) groups excluding carboxylic acids is 1. The van der Waals surface area contributed by atoms with Gasteiger partial charge in [-0.25, -0.2) is 12.8 Å². The molecule has 8 heteroatoms. The Kier molecular flexibility index (Phi) is 4.23. The van der Waals surface area contributed by atoms with Crippen LogP contribution < -0.4 is 5.56 Å². The van der Waals surface area contributed by atoms with Crippen molar-refractivity contribution in [1.82, 2.24) is 9.88 Å². The summed E-state index contributed by atoms with van der Waals surface area (Å²) in [7, 11) is -3.63. The molecule has 1 saturated heterocycles. The van der Waals surface area contributed by atoms with Gasteiger partial charge in [0.15, 0.2) is 9.84 Å². The van der Waals surface area contributed by atoms with Gasteiger partial charge < -0.3 is 9.88 Å². The Morgan fingerprint density at radius 1 is 1.17 bits per heavy atom. The Hall–Kier alpha value is -2.48. The van der Waals surface area contributed by atoms with Crippen molar-refractivity contribution in [3.05, 3.63) is 64.3 Å². The van der Waals surface area contributed by atoms with Gasteiger partial charge in [0, 0.05) is 25.4 Å². The summed E-state index contributed by atoms with van der Waals surface area (Å²) in [6, 6.07) is 7.32. The summed E-state index contributed by atoms with van der Waals surface area (Å²) in [5.74, 6) is -0.835. The van der Waals surface area contributed by atoms with Crippen LogP contribution in [0, 0.1) is 5.82 Å². The topological polar surface area (TPSA) is 87.3 Å². The maximum Gasteiger partial charge on any atom is 0.255 e. The fourth-order valence-corrected chi connectivity index (χ4v) is 4.40. The van der Waals surface area contributed by atoms with Gasteiger partial charge in [-0.1, -0.05) is 0 Å². The molecule has 1 N–H and O–H groups in total. The third-order valence-electron chi connectivity index (χ3n) is 4.04. The van der Waals surface area contributed by atoms with Crippen LogP contribution in [-0.4, -0.2) is 42.5 Å². The molecule has 1 atom stereocenters. The van der Waals surface area contributed by atoms with Gasteiger partial charge in [-0.3, -0.25) is 9.59 Å². The van der Waals surface area contributed by atoms with Crippen LogP contribution in [0.2, 0.25) is 0 Å². The number of aromatic amines is 1. The summed E-state index contributed by atoms with van der Waals surface area (Å²) >= 11 is 0. The second kappa shape index (κ2) is 6.20. The van der Waals surface area contributed by atoms with Crippen molar-refractivity contribution in [2.24, 2.45) is 0 Å². The maximum absolute atomic E-state index is 13.0. The number of aromatic nitrogens is 1. The number of likely N-dealkylation sites (tertiary alicyclic amines) is 1. The SMILES string of the molecule is O=C(c1ccc(=O)[nH]c1)N1CCC(S(=O)(=O)c2ccc(F)cc2)C1. The molecule has 1 unspecified atom stereocenters. The molecule has 1 aliphatic heterocycles. The largest absolute Gasteiger partial charge is 0.337 e. The summed E-state index contributed by atoms with van der Waals surface area (Å²) in [4.78, 5) is 27.3. The molecule has 2 heterocycles. The lowest BCUT2D eigenvalue weighted by Gasteiger charge is -2.16. The van der Waals surface area contributed by atoms with Crippen LogP contribution in [0.4, 0.5) is 4.39 Å². The lowest BCUT2D eigenvalue weighted by atomic mass is 10.2. The summed E-state index contributed by atoms with van der Waals surface area (Å²) in [6.45, 7) is 0.376. The van der Waals surface area contributed by atoms with E-state index in [2.05, 4.69) is 4.98 Å². The fourth-order valence-electron chi connectivity index (χ4n) is 2.71. The molecule has 126 valence electrons. The third-order valence-corrected chi connectivity index (χ3v) is 6.24. The van der Waals surface area contributed by atoms with Gasteiger partial charge in [0.2, 0.25) is 5.56 Å². The zero-order valence-electron chi connectivity index (χ0n) is 12.6. The highest BCUT2D eigenvalue weighted by atomic mass is 32.2. The molecule has 1 aliphatic rings. The molecule has 1 fully saturated rings. The molecule has 0 saturated carbocycles. The van der Waals surface area contributed by atoms with E-state index in [1.54, 1.807) is 0 Å². The smallest absolute Gasteiger partial charge is 0.255 e. The van der Waals surface area contributed by atoms with E-state index in [1.165, 1.54) is 35.4 Å². The van der Waals surface area contributed by atoms with E-state index < -0.39 is 20.9 Å². The van der Waals surface area contributed by atoms with Crippen LogP contribution in [0.15, 0.2) is 52.3 Å². The van der Waals surface area contributed by atoms with Crippen molar-refractivity contribution in [3.8, 4) is 0 Å². The minimum absolute atomic E-state index is 0.0484. The van der Waals surface area contributed by atoms with Gasteiger partial charge >= 0.3 is 0 Å². The summed E-state index contributed by atoms with van der Waals surface area (Å²) < 4.78 is 38.1. The minimum atomic E-state index is -3.63. The molecule has 1 amide bonds. The molecular weight excluding hydrogens is 335 g/mol. The first-order valence-corrected chi connectivity index (χ1v) is 8.90. The number of benzene rings is 1. The molecule has 0 aliphatic carbocycles. The van der Waals surface area contributed by atoms with Crippen LogP contribution >= 0.6 is 0 Å². The number of halogens is 1. The molecule has 0 spiro atoms. The standard InChI is InChI=1S/C16H15FN2O4S/c17-12-2-4-13(5-3-12)24(22,23)14-7-8-19(10-14)16(21)11-1-6-15(20)18-9-11/h1-6,9,14H,7-8,10H2,(H,18,20). The second-order valence-electron chi connectivity index (χ2n) is 5.60. The molecule has 0 radical (unpaired) electrons. The number of H-pyrrole nitrogens is 1. The zero-order chi connectivity index (χ0) is 17.3. The molecule has 2 aromatic rings. The first-order chi connectivity index (χ1) is 11.4. The molecule has 0 bridgehead atoms. The number of hydrogen-bond acceptors (Lipinski definition) is 4. The Morgan fingerprint density at radius 3 is 2.50 bits per heavy atom. The molecule has 1 aromatic carbocycles.